The fourth-order valence-electron chi connectivity index (χ4n) is 2.55. The minimum absolute atomic E-state index is 0.0146. The van der Waals surface area contributed by atoms with Crippen molar-refractivity contribution in [1.82, 2.24) is 5.32 Å². The van der Waals surface area contributed by atoms with Crippen molar-refractivity contribution in [2.75, 3.05) is 13.2 Å². The van der Waals surface area contributed by atoms with Crippen LogP contribution in [0.3, 0.4) is 0 Å². The van der Waals surface area contributed by atoms with E-state index in [1.807, 2.05) is 44.2 Å². The van der Waals surface area contributed by atoms with E-state index in [2.05, 4.69) is 5.32 Å². The van der Waals surface area contributed by atoms with Crippen LogP contribution in [0.1, 0.15) is 31.9 Å². The molecular weight excluding hydrogens is 252 g/mol. The molecule has 20 heavy (non-hydrogen) atoms. The summed E-state index contributed by atoms with van der Waals surface area (Å²) in [5.74, 6) is 0.182. The molecule has 2 rings (SSSR count). The Hall–Kier alpha value is -1.39. The number of benzene rings is 1. The zero-order chi connectivity index (χ0) is 14.5. The Balaban J connectivity index is 1.91. The molecule has 0 aliphatic carbocycles. The molecule has 1 amide bonds. The van der Waals surface area contributed by atoms with Crippen molar-refractivity contribution in [3.8, 4) is 0 Å². The van der Waals surface area contributed by atoms with Gasteiger partial charge in [-0.25, -0.2) is 0 Å². The van der Waals surface area contributed by atoms with Crippen molar-refractivity contribution >= 4 is 5.91 Å². The van der Waals surface area contributed by atoms with E-state index < -0.39 is 0 Å². The van der Waals surface area contributed by atoms with E-state index in [9.17, 15) is 4.79 Å². The second-order valence-electron chi connectivity index (χ2n) is 5.65. The number of carbonyl (C=O) groups is 1. The van der Waals surface area contributed by atoms with Crippen LogP contribution in [0.25, 0.3) is 0 Å². The fourth-order valence-corrected chi connectivity index (χ4v) is 2.55. The first-order valence-corrected chi connectivity index (χ1v) is 7.28. The number of amides is 1. The Morgan fingerprint density at radius 1 is 1.35 bits per heavy atom. The maximum absolute atomic E-state index is 12.3. The van der Waals surface area contributed by atoms with Gasteiger partial charge in [-0.2, -0.15) is 0 Å². The van der Waals surface area contributed by atoms with Gasteiger partial charge >= 0.3 is 0 Å². The van der Waals surface area contributed by atoms with Crippen LogP contribution >= 0.6 is 0 Å². The van der Waals surface area contributed by atoms with E-state index in [0.29, 0.717) is 5.92 Å². The van der Waals surface area contributed by atoms with Gasteiger partial charge < -0.3 is 15.8 Å². The van der Waals surface area contributed by atoms with Crippen LogP contribution < -0.4 is 11.1 Å². The summed E-state index contributed by atoms with van der Waals surface area (Å²) in [5, 5.41) is 3.07. The molecule has 0 spiro atoms. The summed E-state index contributed by atoms with van der Waals surface area (Å²) < 4.78 is 5.36. The molecule has 110 valence electrons. The summed E-state index contributed by atoms with van der Waals surface area (Å²) >= 11 is 0. The standard InChI is InChI=1S/C16H24N2O2/c1-11(15(17)13-6-4-3-5-7-13)16(19)18-12(2)14-8-9-20-10-14/h3-7,11-12,14-15H,8-10,17H2,1-2H3,(H,18,19). The van der Waals surface area contributed by atoms with Crippen molar-refractivity contribution in [3.63, 3.8) is 0 Å². The van der Waals surface area contributed by atoms with Gasteiger partial charge in [0.2, 0.25) is 5.91 Å². The van der Waals surface area contributed by atoms with Crippen molar-refractivity contribution in [3.05, 3.63) is 35.9 Å². The third kappa shape index (κ3) is 3.58. The quantitative estimate of drug-likeness (QED) is 0.863. The second kappa shape index (κ2) is 6.86. The summed E-state index contributed by atoms with van der Waals surface area (Å²) in [4.78, 5) is 12.3. The maximum Gasteiger partial charge on any atom is 0.224 e. The molecule has 0 aromatic heterocycles. The fraction of sp³-hybridized carbons (Fsp3) is 0.562. The van der Waals surface area contributed by atoms with Crippen LogP contribution in [0.4, 0.5) is 0 Å². The lowest BCUT2D eigenvalue weighted by Crippen LogP contribution is -2.43. The molecule has 1 fully saturated rings. The van der Waals surface area contributed by atoms with E-state index in [1.54, 1.807) is 0 Å². The van der Waals surface area contributed by atoms with Crippen LogP contribution in [0.2, 0.25) is 0 Å². The number of nitrogens with one attached hydrogen (secondary N) is 1. The Bertz CT molecular complexity index is 429. The predicted molar refractivity (Wildman–Crippen MR) is 79.1 cm³/mol. The van der Waals surface area contributed by atoms with Gasteiger partial charge in [0.1, 0.15) is 0 Å². The minimum Gasteiger partial charge on any atom is -0.381 e. The first kappa shape index (κ1) is 15.0. The average Bonchev–Trinajstić information content (AvgIpc) is 3.01. The minimum atomic E-state index is -0.275. The Kier molecular flexibility index (Phi) is 5.15. The van der Waals surface area contributed by atoms with Crippen LogP contribution in [-0.2, 0) is 9.53 Å². The lowest BCUT2D eigenvalue weighted by molar-refractivity contribution is -0.126. The average molecular weight is 276 g/mol. The van der Waals surface area contributed by atoms with E-state index >= 15 is 0 Å². The highest BCUT2D eigenvalue weighted by molar-refractivity contribution is 5.79. The van der Waals surface area contributed by atoms with Gasteiger partial charge in [-0.1, -0.05) is 37.3 Å². The van der Waals surface area contributed by atoms with Crippen LogP contribution in [-0.4, -0.2) is 25.2 Å². The molecule has 3 N–H and O–H groups in total. The molecule has 4 nitrogen and oxygen atoms in total. The Morgan fingerprint density at radius 3 is 2.65 bits per heavy atom. The van der Waals surface area contributed by atoms with Gasteiger partial charge in [-0.15, -0.1) is 0 Å². The molecule has 0 radical (unpaired) electrons. The van der Waals surface area contributed by atoms with Crippen LogP contribution in [0, 0.1) is 11.8 Å². The van der Waals surface area contributed by atoms with Crippen molar-refractivity contribution in [2.24, 2.45) is 17.6 Å². The highest BCUT2D eigenvalue weighted by Crippen LogP contribution is 2.21. The summed E-state index contributed by atoms with van der Waals surface area (Å²) in [5.41, 5.74) is 7.18. The van der Waals surface area contributed by atoms with E-state index in [4.69, 9.17) is 10.5 Å². The molecule has 0 bridgehead atoms. The SMILES string of the molecule is CC(NC(=O)C(C)C(N)c1ccccc1)C1CCOC1. The first-order chi connectivity index (χ1) is 9.59. The van der Waals surface area contributed by atoms with Gasteiger partial charge in [0.15, 0.2) is 0 Å². The topological polar surface area (TPSA) is 64.4 Å². The summed E-state index contributed by atoms with van der Waals surface area (Å²) in [6.45, 7) is 5.45. The van der Waals surface area contributed by atoms with Gasteiger partial charge in [-0.05, 0) is 18.9 Å². The third-order valence-electron chi connectivity index (χ3n) is 4.18. The molecule has 1 aromatic rings. The Morgan fingerprint density at radius 2 is 2.05 bits per heavy atom. The monoisotopic (exact) mass is 276 g/mol. The molecule has 1 saturated heterocycles. The molecule has 1 aliphatic rings. The molecule has 4 unspecified atom stereocenters. The molecule has 4 atom stereocenters. The summed E-state index contributed by atoms with van der Waals surface area (Å²) in [7, 11) is 0. The number of rotatable bonds is 5. The van der Waals surface area contributed by atoms with E-state index in [-0.39, 0.29) is 23.9 Å². The molecule has 0 saturated carbocycles. The zero-order valence-electron chi connectivity index (χ0n) is 12.2. The van der Waals surface area contributed by atoms with Crippen molar-refractivity contribution in [2.45, 2.75) is 32.4 Å². The number of hydrogen-bond donors (Lipinski definition) is 2. The lowest BCUT2D eigenvalue weighted by Gasteiger charge is -2.24. The van der Waals surface area contributed by atoms with Gasteiger partial charge in [0, 0.05) is 24.6 Å². The number of carbonyl (C=O) groups excluding carboxylic acids is 1. The highest BCUT2D eigenvalue weighted by Gasteiger charge is 2.27. The van der Waals surface area contributed by atoms with Gasteiger partial charge in [-0.3, -0.25) is 4.79 Å². The second-order valence-corrected chi connectivity index (χ2v) is 5.65. The molecule has 4 heteroatoms. The summed E-state index contributed by atoms with van der Waals surface area (Å²) in [6, 6.07) is 9.61. The molecule has 1 aromatic carbocycles. The van der Waals surface area contributed by atoms with Crippen LogP contribution in [0.15, 0.2) is 30.3 Å². The van der Waals surface area contributed by atoms with E-state index in [1.165, 1.54) is 0 Å². The molecular formula is C16H24N2O2. The lowest BCUT2D eigenvalue weighted by atomic mass is 9.93. The predicted octanol–water partition coefficient (Wildman–Crippen LogP) is 1.86. The van der Waals surface area contributed by atoms with Gasteiger partial charge in [0.05, 0.1) is 12.5 Å². The van der Waals surface area contributed by atoms with Crippen molar-refractivity contribution in [1.29, 1.82) is 0 Å². The van der Waals surface area contributed by atoms with E-state index in [0.717, 1.165) is 25.2 Å². The number of hydrogen-bond acceptors (Lipinski definition) is 3. The normalized spacial score (nSPS) is 23.1. The smallest absolute Gasteiger partial charge is 0.224 e. The van der Waals surface area contributed by atoms with Gasteiger partial charge in [0.25, 0.3) is 0 Å². The van der Waals surface area contributed by atoms with Crippen molar-refractivity contribution < 1.29 is 9.53 Å². The highest BCUT2D eigenvalue weighted by atomic mass is 16.5. The first-order valence-electron chi connectivity index (χ1n) is 7.28. The molecule has 1 aliphatic heterocycles. The zero-order valence-corrected chi connectivity index (χ0v) is 12.2. The van der Waals surface area contributed by atoms with Crippen LogP contribution in [0.5, 0.6) is 0 Å². The maximum atomic E-state index is 12.3. The largest absolute Gasteiger partial charge is 0.381 e. The molecule has 1 heterocycles. The number of ether oxygens (including phenoxy) is 1. The number of nitrogens with two attached hydrogens (primary N) is 1. The third-order valence-corrected chi connectivity index (χ3v) is 4.18. The summed E-state index contributed by atoms with van der Waals surface area (Å²) in [6.07, 6.45) is 1.01. The Labute approximate surface area is 120 Å².